The molecule has 0 bridgehead atoms. The zero-order valence-corrected chi connectivity index (χ0v) is 11.7. The third kappa shape index (κ3) is 4.01. The van der Waals surface area contributed by atoms with Gasteiger partial charge in [0.1, 0.15) is 0 Å². The molecule has 0 aliphatic heterocycles. The Morgan fingerprint density at radius 3 is 2.89 bits per heavy atom. The Morgan fingerprint density at radius 1 is 1.21 bits per heavy atom. The summed E-state index contributed by atoms with van der Waals surface area (Å²) in [5.74, 6) is 0. The molecule has 2 aromatic rings. The Labute approximate surface area is 115 Å². The number of aromatic nitrogens is 1. The molecule has 1 aromatic carbocycles. The molecule has 2 rings (SSSR count). The van der Waals surface area contributed by atoms with E-state index in [0.29, 0.717) is 0 Å². The molecule has 3 nitrogen and oxygen atoms in total. The van der Waals surface area contributed by atoms with Gasteiger partial charge in [0.2, 0.25) is 0 Å². The summed E-state index contributed by atoms with van der Waals surface area (Å²) >= 11 is 0. The van der Waals surface area contributed by atoms with Crippen LogP contribution in [0.3, 0.4) is 0 Å². The highest BCUT2D eigenvalue weighted by molar-refractivity contribution is 5.78. The first-order valence-corrected chi connectivity index (χ1v) is 7.09. The van der Waals surface area contributed by atoms with Crippen molar-refractivity contribution in [2.75, 3.05) is 19.6 Å². The van der Waals surface area contributed by atoms with Gasteiger partial charge in [-0.2, -0.15) is 0 Å². The van der Waals surface area contributed by atoms with Crippen LogP contribution in [0.2, 0.25) is 0 Å². The predicted octanol–water partition coefficient (Wildman–Crippen LogP) is 2.80. The second-order valence-corrected chi connectivity index (χ2v) is 4.95. The highest BCUT2D eigenvalue weighted by atomic mass is 15.1. The van der Waals surface area contributed by atoms with Gasteiger partial charge in [0.05, 0.1) is 5.52 Å². The van der Waals surface area contributed by atoms with E-state index in [1.54, 1.807) is 0 Å². The first kappa shape index (κ1) is 14.0. The summed E-state index contributed by atoms with van der Waals surface area (Å²) in [5, 5.41) is 1.22. The van der Waals surface area contributed by atoms with Crippen LogP contribution in [0.4, 0.5) is 0 Å². The lowest BCUT2D eigenvalue weighted by Crippen LogP contribution is -2.26. The van der Waals surface area contributed by atoms with Crippen LogP contribution in [0.15, 0.2) is 36.5 Å². The molecule has 1 heterocycles. The Kier molecular flexibility index (Phi) is 5.31. The number of benzene rings is 1. The van der Waals surface area contributed by atoms with E-state index >= 15 is 0 Å². The van der Waals surface area contributed by atoms with E-state index in [1.165, 1.54) is 17.4 Å². The fourth-order valence-corrected chi connectivity index (χ4v) is 2.38. The number of pyridine rings is 1. The molecule has 0 radical (unpaired) electrons. The smallest absolute Gasteiger partial charge is 0.0702 e. The molecule has 102 valence electrons. The van der Waals surface area contributed by atoms with Crippen molar-refractivity contribution in [3.8, 4) is 0 Å². The van der Waals surface area contributed by atoms with Gasteiger partial charge in [-0.15, -0.1) is 0 Å². The minimum atomic E-state index is 0.766. The second kappa shape index (κ2) is 7.22. The van der Waals surface area contributed by atoms with Crippen molar-refractivity contribution in [2.45, 2.75) is 26.3 Å². The molecule has 19 heavy (non-hydrogen) atoms. The maximum atomic E-state index is 5.61. The zero-order valence-electron chi connectivity index (χ0n) is 11.7. The SMILES string of the molecule is CCCN(CCCN)Cc1ccc2ncccc2c1. The summed E-state index contributed by atoms with van der Waals surface area (Å²) in [6.07, 6.45) is 4.08. The molecule has 0 aliphatic carbocycles. The third-order valence-electron chi connectivity index (χ3n) is 3.29. The summed E-state index contributed by atoms with van der Waals surface area (Å²) in [4.78, 5) is 6.83. The van der Waals surface area contributed by atoms with Crippen LogP contribution in [0.5, 0.6) is 0 Å². The lowest BCUT2D eigenvalue weighted by atomic mass is 10.1. The van der Waals surface area contributed by atoms with Crippen molar-refractivity contribution >= 4 is 10.9 Å². The topological polar surface area (TPSA) is 42.1 Å². The molecule has 1 aromatic heterocycles. The van der Waals surface area contributed by atoms with Gasteiger partial charge in [-0.25, -0.2) is 0 Å². The van der Waals surface area contributed by atoms with E-state index in [9.17, 15) is 0 Å². The van der Waals surface area contributed by atoms with Crippen LogP contribution in [0.1, 0.15) is 25.3 Å². The van der Waals surface area contributed by atoms with Gasteiger partial charge in [0, 0.05) is 18.1 Å². The molecule has 0 fully saturated rings. The van der Waals surface area contributed by atoms with E-state index in [2.05, 4.69) is 41.1 Å². The highest BCUT2D eigenvalue weighted by Gasteiger charge is 2.05. The van der Waals surface area contributed by atoms with Gasteiger partial charge in [-0.1, -0.05) is 19.1 Å². The number of hydrogen-bond acceptors (Lipinski definition) is 3. The van der Waals surface area contributed by atoms with E-state index in [4.69, 9.17) is 5.73 Å². The van der Waals surface area contributed by atoms with Gasteiger partial charge in [-0.3, -0.25) is 9.88 Å². The van der Waals surface area contributed by atoms with Crippen molar-refractivity contribution in [1.82, 2.24) is 9.88 Å². The molecular weight excluding hydrogens is 234 g/mol. The van der Waals surface area contributed by atoms with Crippen molar-refractivity contribution < 1.29 is 0 Å². The Morgan fingerprint density at radius 2 is 2.11 bits per heavy atom. The quantitative estimate of drug-likeness (QED) is 0.829. The zero-order chi connectivity index (χ0) is 13.5. The Balaban J connectivity index is 2.09. The van der Waals surface area contributed by atoms with E-state index < -0.39 is 0 Å². The lowest BCUT2D eigenvalue weighted by Gasteiger charge is -2.21. The average Bonchev–Trinajstić information content (AvgIpc) is 2.45. The molecule has 0 atom stereocenters. The Bertz CT molecular complexity index is 510. The van der Waals surface area contributed by atoms with Gasteiger partial charge >= 0.3 is 0 Å². The molecule has 2 N–H and O–H groups in total. The molecule has 0 unspecified atom stereocenters. The molecule has 0 aliphatic rings. The fourth-order valence-electron chi connectivity index (χ4n) is 2.38. The second-order valence-electron chi connectivity index (χ2n) is 4.95. The standard InChI is InChI=1S/C16H23N3/c1-2-10-19(11-4-8-17)13-14-6-7-16-15(12-14)5-3-9-18-16/h3,5-7,9,12H,2,4,8,10-11,13,17H2,1H3. The molecule has 0 amide bonds. The normalized spacial score (nSPS) is 11.3. The summed E-state index contributed by atoms with van der Waals surface area (Å²) in [6.45, 7) is 6.20. The maximum absolute atomic E-state index is 5.61. The maximum Gasteiger partial charge on any atom is 0.0702 e. The van der Waals surface area contributed by atoms with Crippen LogP contribution >= 0.6 is 0 Å². The van der Waals surface area contributed by atoms with E-state index in [0.717, 1.165) is 38.1 Å². The predicted molar refractivity (Wildman–Crippen MR) is 81.0 cm³/mol. The number of hydrogen-bond donors (Lipinski definition) is 1. The van der Waals surface area contributed by atoms with Crippen molar-refractivity contribution in [2.24, 2.45) is 5.73 Å². The first-order valence-electron chi connectivity index (χ1n) is 7.09. The lowest BCUT2D eigenvalue weighted by molar-refractivity contribution is 0.264. The highest BCUT2D eigenvalue weighted by Crippen LogP contribution is 2.15. The Hall–Kier alpha value is -1.45. The van der Waals surface area contributed by atoms with Crippen molar-refractivity contribution in [3.63, 3.8) is 0 Å². The summed E-state index contributed by atoms with van der Waals surface area (Å²) in [5.41, 5.74) is 8.02. The van der Waals surface area contributed by atoms with Gasteiger partial charge < -0.3 is 5.73 Å². The van der Waals surface area contributed by atoms with Crippen molar-refractivity contribution in [1.29, 1.82) is 0 Å². The fraction of sp³-hybridized carbons (Fsp3) is 0.438. The average molecular weight is 257 g/mol. The number of nitrogens with zero attached hydrogens (tertiary/aromatic N) is 2. The van der Waals surface area contributed by atoms with E-state index in [-0.39, 0.29) is 0 Å². The molecule has 3 heteroatoms. The first-order chi connectivity index (χ1) is 9.33. The number of rotatable bonds is 7. The summed E-state index contributed by atoms with van der Waals surface area (Å²) < 4.78 is 0. The van der Waals surface area contributed by atoms with Crippen molar-refractivity contribution in [3.05, 3.63) is 42.1 Å². The minimum Gasteiger partial charge on any atom is -0.330 e. The van der Waals surface area contributed by atoms with E-state index in [1.807, 2.05) is 12.3 Å². The van der Waals surface area contributed by atoms with Gasteiger partial charge in [0.15, 0.2) is 0 Å². The van der Waals surface area contributed by atoms with Crippen LogP contribution in [-0.4, -0.2) is 29.5 Å². The number of fused-ring (bicyclic) bond motifs is 1. The summed E-state index contributed by atoms with van der Waals surface area (Å²) in [7, 11) is 0. The largest absolute Gasteiger partial charge is 0.330 e. The van der Waals surface area contributed by atoms with Gasteiger partial charge in [0.25, 0.3) is 0 Å². The molecular formula is C16H23N3. The van der Waals surface area contributed by atoms with Crippen LogP contribution in [0, 0.1) is 0 Å². The molecule has 0 spiro atoms. The molecule has 0 saturated heterocycles. The van der Waals surface area contributed by atoms with Crippen LogP contribution < -0.4 is 5.73 Å². The van der Waals surface area contributed by atoms with Crippen LogP contribution in [0.25, 0.3) is 10.9 Å². The minimum absolute atomic E-state index is 0.766. The summed E-state index contributed by atoms with van der Waals surface area (Å²) in [6, 6.07) is 10.6. The number of nitrogens with two attached hydrogens (primary N) is 1. The monoisotopic (exact) mass is 257 g/mol. The molecule has 0 saturated carbocycles. The third-order valence-corrected chi connectivity index (χ3v) is 3.29. The van der Waals surface area contributed by atoms with Crippen LogP contribution in [-0.2, 0) is 6.54 Å². The van der Waals surface area contributed by atoms with Gasteiger partial charge in [-0.05, 0) is 56.2 Å².